The Balaban J connectivity index is 1.89. The summed E-state index contributed by atoms with van der Waals surface area (Å²) in [7, 11) is 0. The molecule has 3 N–H and O–H groups in total. The van der Waals surface area contributed by atoms with Gasteiger partial charge in [-0.1, -0.05) is 59.9 Å². The van der Waals surface area contributed by atoms with Gasteiger partial charge < -0.3 is 11.1 Å². The number of nitrogen functional groups attached to an aromatic ring is 1. The lowest BCUT2D eigenvalue weighted by Gasteiger charge is -2.17. The van der Waals surface area contributed by atoms with Gasteiger partial charge in [-0.2, -0.15) is 0 Å². The molecule has 1 atom stereocenters. The van der Waals surface area contributed by atoms with E-state index in [-0.39, 0.29) is 11.9 Å². The number of carbonyl (C=O) groups excluding carboxylic acids is 1. The third kappa shape index (κ3) is 4.71. The van der Waals surface area contributed by atoms with Crippen LogP contribution in [0.3, 0.4) is 0 Å². The Kier molecular flexibility index (Phi) is 5.58. The highest BCUT2D eigenvalue weighted by molar-refractivity contribution is 8.01. The molecule has 21 heavy (non-hydrogen) atoms. The molecule has 2 rings (SSSR count). The van der Waals surface area contributed by atoms with E-state index in [4.69, 9.17) is 5.73 Å². The molecule has 1 aromatic carbocycles. The molecule has 0 spiro atoms. The van der Waals surface area contributed by atoms with E-state index < -0.39 is 0 Å². The molecule has 7 heteroatoms. The van der Waals surface area contributed by atoms with Gasteiger partial charge in [0.15, 0.2) is 4.34 Å². The number of aromatic nitrogens is 2. The van der Waals surface area contributed by atoms with E-state index >= 15 is 0 Å². The maximum Gasteiger partial charge on any atom is 0.230 e. The third-order valence-electron chi connectivity index (χ3n) is 2.97. The molecule has 0 aliphatic rings. The van der Waals surface area contributed by atoms with Crippen molar-refractivity contribution in [1.29, 1.82) is 0 Å². The first-order chi connectivity index (χ1) is 10.1. The molecule has 2 aromatic rings. The van der Waals surface area contributed by atoms with Crippen LogP contribution in [0.5, 0.6) is 0 Å². The van der Waals surface area contributed by atoms with Crippen LogP contribution in [0.2, 0.25) is 0 Å². The number of carbonyl (C=O) groups is 1. The highest BCUT2D eigenvalue weighted by atomic mass is 32.2. The molecule has 0 saturated carbocycles. The van der Waals surface area contributed by atoms with E-state index in [1.807, 2.05) is 6.92 Å². The number of rotatable bonds is 6. The van der Waals surface area contributed by atoms with E-state index in [1.165, 1.54) is 28.7 Å². The van der Waals surface area contributed by atoms with Crippen LogP contribution in [-0.4, -0.2) is 21.9 Å². The number of hydrogen-bond donors (Lipinski definition) is 2. The zero-order valence-corrected chi connectivity index (χ0v) is 13.6. The van der Waals surface area contributed by atoms with Crippen LogP contribution in [0.25, 0.3) is 0 Å². The van der Waals surface area contributed by atoms with Crippen LogP contribution in [0.15, 0.2) is 28.6 Å². The second kappa shape index (κ2) is 7.42. The lowest BCUT2D eigenvalue weighted by atomic mass is 10.0. The largest absolute Gasteiger partial charge is 0.374 e. The number of anilines is 1. The number of amides is 1. The molecule has 5 nitrogen and oxygen atoms in total. The normalized spacial score (nSPS) is 12.1. The molecular weight excluding hydrogens is 304 g/mol. The summed E-state index contributed by atoms with van der Waals surface area (Å²) >= 11 is 2.64. The van der Waals surface area contributed by atoms with Gasteiger partial charge in [-0.05, 0) is 18.9 Å². The SMILES string of the molecule is CC[C@H](NC(=O)CSc1nnc(N)s1)c1ccc(C)cc1. The third-order valence-corrected chi connectivity index (χ3v) is 4.86. The zero-order chi connectivity index (χ0) is 15.2. The predicted octanol–water partition coefficient (Wildman–Crippen LogP) is 2.79. The van der Waals surface area contributed by atoms with Gasteiger partial charge >= 0.3 is 0 Å². The Morgan fingerprint density at radius 3 is 2.67 bits per heavy atom. The fraction of sp³-hybridized carbons (Fsp3) is 0.357. The second-order valence-electron chi connectivity index (χ2n) is 4.63. The van der Waals surface area contributed by atoms with E-state index in [2.05, 4.69) is 46.7 Å². The summed E-state index contributed by atoms with van der Waals surface area (Å²) in [5.41, 5.74) is 7.85. The van der Waals surface area contributed by atoms with Gasteiger partial charge in [0.1, 0.15) is 0 Å². The van der Waals surface area contributed by atoms with Crippen LogP contribution < -0.4 is 11.1 Å². The molecule has 1 aromatic heterocycles. The lowest BCUT2D eigenvalue weighted by molar-refractivity contribution is -0.119. The van der Waals surface area contributed by atoms with Crippen molar-refractivity contribution in [1.82, 2.24) is 15.5 Å². The number of benzene rings is 1. The average Bonchev–Trinajstić information content (AvgIpc) is 2.89. The Labute approximate surface area is 132 Å². The lowest BCUT2D eigenvalue weighted by Crippen LogP contribution is -2.29. The summed E-state index contributed by atoms with van der Waals surface area (Å²) < 4.78 is 0.714. The standard InChI is InChI=1S/C14H18N4OS2/c1-3-11(10-6-4-9(2)5-7-10)16-12(19)8-20-14-18-17-13(15)21-14/h4-7,11H,3,8H2,1-2H3,(H2,15,17)(H,16,19)/t11-/m0/s1. The molecule has 0 bridgehead atoms. The minimum atomic E-state index is -0.0128. The van der Waals surface area contributed by atoms with Gasteiger partial charge in [-0.3, -0.25) is 4.79 Å². The van der Waals surface area contributed by atoms with Crippen molar-refractivity contribution in [2.75, 3.05) is 11.5 Å². The van der Waals surface area contributed by atoms with Gasteiger partial charge in [-0.15, -0.1) is 10.2 Å². The van der Waals surface area contributed by atoms with E-state index in [0.29, 0.717) is 15.2 Å². The quantitative estimate of drug-likeness (QED) is 0.799. The van der Waals surface area contributed by atoms with Crippen molar-refractivity contribution >= 4 is 34.1 Å². The minimum Gasteiger partial charge on any atom is -0.374 e. The first-order valence-corrected chi connectivity index (χ1v) is 8.46. The minimum absolute atomic E-state index is 0.0128. The zero-order valence-electron chi connectivity index (χ0n) is 12.0. The monoisotopic (exact) mass is 322 g/mol. The van der Waals surface area contributed by atoms with Gasteiger partial charge in [0.25, 0.3) is 0 Å². The van der Waals surface area contributed by atoms with Crippen LogP contribution >= 0.6 is 23.1 Å². The molecule has 0 fully saturated rings. The number of hydrogen-bond acceptors (Lipinski definition) is 6. The first kappa shape index (κ1) is 15.8. The summed E-state index contributed by atoms with van der Waals surface area (Å²) in [6.45, 7) is 4.11. The van der Waals surface area contributed by atoms with Crippen molar-refractivity contribution in [3.8, 4) is 0 Å². The molecule has 0 aliphatic carbocycles. The second-order valence-corrected chi connectivity index (χ2v) is 6.87. The predicted molar refractivity (Wildman–Crippen MR) is 87.4 cm³/mol. The molecule has 0 aliphatic heterocycles. The number of aryl methyl sites for hydroxylation is 1. The number of nitrogens with two attached hydrogens (primary N) is 1. The summed E-state index contributed by atoms with van der Waals surface area (Å²) in [4.78, 5) is 12.0. The van der Waals surface area contributed by atoms with Crippen LogP contribution in [0.1, 0.15) is 30.5 Å². The first-order valence-electron chi connectivity index (χ1n) is 6.66. The number of nitrogens with zero attached hydrogens (tertiary/aromatic N) is 2. The van der Waals surface area contributed by atoms with Crippen molar-refractivity contribution in [2.45, 2.75) is 30.6 Å². The van der Waals surface area contributed by atoms with Gasteiger partial charge in [-0.25, -0.2) is 0 Å². The maximum absolute atomic E-state index is 12.0. The highest BCUT2D eigenvalue weighted by Crippen LogP contribution is 2.23. The molecule has 0 radical (unpaired) electrons. The summed E-state index contributed by atoms with van der Waals surface area (Å²) in [5, 5.41) is 11.1. The van der Waals surface area contributed by atoms with Crippen molar-refractivity contribution in [3.63, 3.8) is 0 Å². The fourth-order valence-corrected chi connectivity index (χ4v) is 3.31. The summed E-state index contributed by atoms with van der Waals surface area (Å²) in [6.07, 6.45) is 0.852. The Bertz CT molecular complexity index is 597. The van der Waals surface area contributed by atoms with Crippen LogP contribution in [0, 0.1) is 6.92 Å². The average molecular weight is 322 g/mol. The molecule has 1 heterocycles. The van der Waals surface area contributed by atoms with Crippen molar-refractivity contribution < 1.29 is 4.79 Å². The maximum atomic E-state index is 12.0. The van der Waals surface area contributed by atoms with E-state index in [0.717, 1.165) is 12.0 Å². The number of nitrogens with one attached hydrogen (secondary N) is 1. The van der Waals surface area contributed by atoms with E-state index in [9.17, 15) is 4.79 Å². The molecule has 1 amide bonds. The fourth-order valence-electron chi connectivity index (χ4n) is 1.86. The van der Waals surface area contributed by atoms with Crippen LogP contribution in [-0.2, 0) is 4.79 Å². The topological polar surface area (TPSA) is 80.9 Å². The summed E-state index contributed by atoms with van der Waals surface area (Å²) in [5.74, 6) is 0.304. The number of thioether (sulfide) groups is 1. The van der Waals surface area contributed by atoms with Crippen molar-refractivity contribution in [3.05, 3.63) is 35.4 Å². The molecule has 112 valence electrons. The van der Waals surface area contributed by atoms with Crippen molar-refractivity contribution in [2.24, 2.45) is 0 Å². The highest BCUT2D eigenvalue weighted by Gasteiger charge is 2.13. The Hall–Kier alpha value is -1.60. The molecule has 0 unspecified atom stereocenters. The van der Waals surface area contributed by atoms with Gasteiger partial charge in [0, 0.05) is 0 Å². The van der Waals surface area contributed by atoms with Gasteiger partial charge in [0.2, 0.25) is 11.0 Å². The van der Waals surface area contributed by atoms with E-state index in [1.54, 1.807) is 0 Å². The molecular formula is C14H18N4OS2. The van der Waals surface area contributed by atoms with Crippen LogP contribution in [0.4, 0.5) is 5.13 Å². The summed E-state index contributed by atoms with van der Waals surface area (Å²) in [6, 6.07) is 8.27. The smallest absolute Gasteiger partial charge is 0.230 e. The Morgan fingerprint density at radius 1 is 1.38 bits per heavy atom. The van der Waals surface area contributed by atoms with Gasteiger partial charge in [0.05, 0.1) is 11.8 Å². The molecule has 0 saturated heterocycles. The Morgan fingerprint density at radius 2 is 2.10 bits per heavy atom.